The molecule has 0 aliphatic carbocycles. The fraction of sp³-hybridized carbons (Fsp3) is 0.290. The van der Waals surface area contributed by atoms with E-state index in [1.807, 2.05) is 18.2 Å². The number of carbonyl (C=O) groups is 1. The van der Waals surface area contributed by atoms with Gasteiger partial charge in [0.2, 0.25) is 0 Å². The van der Waals surface area contributed by atoms with Crippen LogP contribution in [0.15, 0.2) is 72.8 Å². The number of amides is 1. The summed E-state index contributed by atoms with van der Waals surface area (Å²) in [6, 6.07) is 19.8. The molecule has 202 valence electrons. The Bertz CT molecular complexity index is 1550. The van der Waals surface area contributed by atoms with Gasteiger partial charge in [-0.25, -0.2) is 8.78 Å². The third-order valence-electron chi connectivity index (χ3n) is 7.57. The molecule has 1 fully saturated rings. The fourth-order valence-corrected chi connectivity index (χ4v) is 5.47. The number of aromatic nitrogens is 1. The van der Waals surface area contributed by atoms with Crippen LogP contribution in [-0.4, -0.2) is 34.2 Å². The molecule has 4 nitrogen and oxygen atoms in total. The van der Waals surface area contributed by atoms with E-state index in [9.17, 15) is 22.4 Å². The van der Waals surface area contributed by atoms with Crippen LogP contribution in [-0.2, 0) is 5.92 Å². The Morgan fingerprint density at radius 3 is 2.33 bits per heavy atom. The van der Waals surface area contributed by atoms with Crippen molar-refractivity contribution in [1.29, 1.82) is 5.41 Å². The predicted molar refractivity (Wildman–Crippen MR) is 144 cm³/mol. The molecule has 1 N–H and O–H groups in total. The molecule has 4 aromatic rings. The molecular formula is C31H29F4N3O. The van der Waals surface area contributed by atoms with Crippen molar-refractivity contribution in [3.05, 3.63) is 106 Å². The van der Waals surface area contributed by atoms with Crippen LogP contribution in [0.1, 0.15) is 70.5 Å². The summed E-state index contributed by atoms with van der Waals surface area (Å²) in [4.78, 5) is 15.0. The lowest BCUT2D eigenvalue weighted by molar-refractivity contribution is 0.0174. The van der Waals surface area contributed by atoms with Gasteiger partial charge in [-0.05, 0) is 55.7 Å². The predicted octanol–water partition coefficient (Wildman–Crippen LogP) is 7.89. The van der Waals surface area contributed by atoms with Gasteiger partial charge >= 0.3 is 6.55 Å². The zero-order valence-corrected chi connectivity index (χ0v) is 21.7. The first kappa shape index (κ1) is 26.7. The monoisotopic (exact) mass is 535 g/mol. The number of fused-ring (bicyclic) bond motifs is 1. The van der Waals surface area contributed by atoms with Crippen molar-refractivity contribution in [3.63, 3.8) is 0 Å². The number of benzene rings is 3. The van der Waals surface area contributed by atoms with Gasteiger partial charge in [-0.3, -0.25) is 14.8 Å². The third kappa shape index (κ3) is 5.20. The Morgan fingerprint density at radius 2 is 1.67 bits per heavy atom. The number of hydrogen-bond donors (Lipinski definition) is 1. The molecule has 0 saturated carbocycles. The first-order valence-corrected chi connectivity index (χ1v) is 12.9. The van der Waals surface area contributed by atoms with Crippen LogP contribution in [0.2, 0.25) is 0 Å². The first-order valence-electron chi connectivity index (χ1n) is 12.9. The largest absolute Gasteiger partial charge is 0.339 e. The highest BCUT2D eigenvalue weighted by molar-refractivity contribution is 6.12. The molecule has 2 heterocycles. The van der Waals surface area contributed by atoms with Gasteiger partial charge in [0, 0.05) is 59.3 Å². The number of nitrogens with one attached hydrogen (secondary N) is 1. The second-order valence-corrected chi connectivity index (χ2v) is 10.2. The van der Waals surface area contributed by atoms with Crippen LogP contribution < -0.4 is 0 Å². The van der Waals surface area contributed by atoms with E-state index in [4.69, 9.17) is 5.41 Å². The van der Waals surface area contributed by atoms with E-state index in [-0.39, 0.29) is 23.1 Å². The van der Waals surface area contributed by atoms with E-state index in [0.717, 1.165) is 16.9 Å². The Labute approximate surface area is 224 Å². The smallest absolute Gasteiger partial charge is 0.319 e. The number of hydrogen-bond acceptors (Lipinski definition) is 2. The SMILES string of the molecule is Cc1cc(C(=O)N2CCC(c3cc4ccccc4n3C(F)F)CC2)ccc1C(=N)c1cccc(C(C)(F)F)c1. The maximum atomic E-state index is 13.9. The molecule has 0 spiro atoms. The number of para-hydroxylation sites is 1. The lowest BCUT2D eigenvalue weighted by Crippen LogP contribution is -2.38. The van der Waals surface area contributed by atoms with Crippen LogP contribution in [0.25, 0.3) is 10.9 Å². The van der Waals surface area contributed by atoms with E-state index in [0.29, 0.717) is 59.4 Å². The number of likely N-dealkylation sites (tertiary alicyclic amines) is 1. The van der Waals surface area contributed by atoms with Gasteiger partial charge in [0.25, 0.3) is 11.8 Å². The van der Waals surface area contributed by atoms with Crippen LogP contribution in [0.5, 0.6) is 0 Å². The highest BCUT2D eigenvalue weighted by Crippen LogP contribution is 2.36. The maximum Gasteiger partial charge on any atom is 0.319 e. The Kier molecular flexibility index (Phi) is 7.05. The second kappa shape index (κ2) is 10.3. The maximum absolute atomic E-state index is 13.9. The number of aryl methyl sites for hydroxylation is 1. The summed E-state index contributed by atoms with van der Waals surface area (Å²) in [6.45, 7) is 0.865. The number of piperidine rings is 1. The number of alkyl halides is 4. The molecule has 1 aromatic heterocycles. The minimum absolute atomic E-state index is 0.0775. The van der Waals surface area contributed by atoms with E-state index in [1.165, 1.54) is 18.2 Å². The molecule has 0 radical (unpaired) electrons. The van der Waals surface area contributed by atoms with Gasteiger partial charge < -0.3 is 4.90 Å². The number of nitrogens with zero attached hydrogens (tertiary/aromatic N) is 2. The summed E-state index contributed by atoms with van der Waals surface area (Å²) in [6.07, 6.45) is 1.16. The summed E-state index contributed by atoms with van der Waals surface area (Å²) >= 11 is 0. The van der Waals surface area contributed by atoms with Gasteiger partial charge in [0.05, 0.1) is 11.2 Å². The van der Waals surface area contributed by atoms with Crippen LogP contribution in [0, 0.1) is 12.3 Å². The van der Waals surface area contributed by atoms with Crippen molar-refractivity contribution in [2.24, 2.45) is 0 Å². The summed E-state index contributed by atoms with van der Waals surface area (Å²) in [7, 11) is 0. The van der Waals surface area contributed by atoms with Crippen LogP contribution in [0.3, 0.4) is 0 Å². The lowest BCUT2D eigenvalue weighted by atomic mass is 9.92. The highest BCUT2D eigenvalue weighted by Gasteiger charge is 2.29. The average Bonchev–Trinajstić information content (AvgIpc) is 3.32. The Hall–Kier alpha value is -3.94. The summed E-state index contributed by atoms with van der Waals surface area (Å²) in [5, 5.41) is 9.36. The summed E-state index contributed by atoms with van der Waals surface area (Å²) in [5.74, 6) is -3.24. The van der Waals surface area contributed by atoms with Gasteiger partial charge in [0.15, 0.2) is 0 Å². The average molecular weight is 536 g/mol. The van der Waals surface area contributed by atoms with E-state index in [1.54, 1.807) is 48.2 Å². The van der Waals surface area contributed by atoms with Gasteiger partial charge in [-0.2, -0.15) is 8.78 Å². The molecule has 39 heavy (non-hydrogen) atoms. The molecule has 0 bridgehead atoms. The number of halogens is 4. The third-order valence-corrected chi connectivity index (χ3v) is 7.57. The minimum atomic E-state index is -3.01. The van der Waals surface area contributed by atoms with Crippen molar-refractivity contribution >= 4 is 22.5 Å². The van der Waals surface area contributed by atoms with E-state index < -0.39 is 12.5 Å². The molecule has 1 saturated heterocycles. The molecular weight excluding hydrogens is 506 g/mol. The van der Waals surface area contributed by atoms with Crippen molar-refractivity contribution in [3.8, 4) is 0 Å². The zero-order valence-electron chi connectivity index (χ0n) is 21.7. The van der Waals surface area contributed by atoms with Gasteiger partial charge in [0.1, 0.15) is 0 Å². The highest BCUT2D eigenvalue weighted by atomic mass is 19.3. The van der Waals surface area contributed by atoms with E-state index in [2.05, 4.69) is 0 Å². The molecule has 0 unspecified atom stereocenters. The van der Waals surface area contributed by atoms with Crippen LogP contribution in [0.4, 0.5) is 17.6 Å². The molecule has 0 atom stereocenters. The van der Waals surface area contributed by atoms with Crippen LogP contribution >= 0.6 is 0 Å². The molecule has 1 aliphatic heterocycles. The fourth-order valence-electron chi connectivity index (χ4n) is 5.47. The minimum Gasteiger partial charge on any atom is -0.339 e. The van der Waals surface area contributed by atoms with Crippen molar-refractivity contribution in [2.75, 3.05) is 13.1 Å². The molecule has 5 rings (SSSR count). The quantitative estimate of drug-likeness (QED) is 0.198. The zero-order chi connectivity index (χ0) is 27.9. The van der Waals surface area contributed by atoms with Crippen molar-refractivity contribution in [2.45, 2.75) is 45.1 Å². The van der Waals surface area contributed by atoms with E-state index >= 15 is 0 Å². The van der Waals surface area contributed by atoms with Gasteiger partial charge in [-0.15, -0.1) is 0 Å². The summed E-state index contributed by atoms with van der Waals surface area (Å²) < 4.78 is 56.5. The van der Waals surface area contributed by atoms with Crippen molar-refractivity contribution in [1.82, 2.24) is 9.47 Å². The van der Waals surface area contributed by atoms with Gasteiger partial charge in [-0.1, -0.05) is 42.5 Å². The Balaban J connectivity index is 1.30. The Morgan fingerprint density at radius 1 is 0.949 bits per heavy atom. The molecule has 3 aromatic carbocycles. The second-order valence-electron chi connectivity index (χ2n) is 10.2. The normalized spacial score (nSPS) is 14.8. The number of rotatable bonds is 6. The molecule has 8 heteroatoms. The molecule has 1 amide bonds. The topological polar surface area (TPSA) is 49.1 Å². The lowest BCUT2D eigenvalue weighted by Gasteiger charge is -2.32. The standard InChI is InChI=1S/C31H29F4N3O/c1-19-16-23(10-11-25(19)28(36)22-7-5-8-24(17-22)31(2,34)35)29(39)37-14-12-20(13-15-37)27-18-21-6-3-4-9-26(21)38(27)30(32)33/h3-11,16-18,20,30,36H,12-15H2,1-2H3. The first-order chi connectivity index (χ1) is 18.5. The van der Waals surface area contributed by atoms with Crippen molar-refractivity contribution < 1.29 is 22.4 Å². The number of carbonyl (C=O) groups excluding carboxylic acids is 1. The summed E-state index contributed by atoms with van der Waals surface area (Å²) in [5.41, 5.74) is 3.15. The molecule has 1 aliphatic rings.